The van der Waals surface area contributed by atoms with Gasteiger partial charge in [0.15, 0.2) is 0 Å². The smallest absolute Gasteiger partial charge is 0.543 e. The van der Waals surface area contributed by atoms with Crippen molar-refractivity contribution in [2.75, 3.05) is 6.61 Å². The molecule has 9 nitrogen and oxygen atoms in total. The number of nitrogens with zero attached hydrogens (tertiary/aromatic N) is 3. The van der Waals surface area contributed by atoms with E-state index in [-0.39, 0.29) is 47.4 Å². The van der Waals surface area contributed by atoms with E-state index in [1.165, 1.54) is 23.2 Å². The van der Waals surface area contributed by atoms with Crippen LogP contribution < -0.4 is 34.7 Å². The molecule has 1 fully saturated rings. The molecule has 0 aromatic carbocycles. The molecule has 2 aromatic heterocycles. The molecule has 0 spiro atoms. The second-order valence-corrected chi connectivity index (χ2v) is 7.75. The first-order chi connectivity index (χ1) is 12.8. The molecular weight excluding hydrogens is 397 g/mol. The number of ketones is 1. The van der Waals surface area contributed by atoms with Gasteiger partial charge in [-0.05, 0) is 25.8 Å². The van der Waals surface area contributed by atoms with Gasteiger partial charge in [-0.15, -0.1) is 11.3 Å². The summed E-state index contributed by atoms with van der Waals surface area (Å²) in [6.45, 7) is 2.53. The Balaban J connectivity index is 0.00000225. The summed E-state index contributed by atoms with van der Waals surface area (Å²) in [7, 11) is 0. The summed E-state index contributed by atoms with van der Waals surface area (Å²) < 4.78 is 1.66. The van der Waals surface area contributed by atoms with Gasteiger partial charge in [-0.2, -0.15) is 0 Å². The van der Waals surface area contributed by atoms with Gasteiger partial charge in [-0.25, -0.2) is 4.98 Å². The van der Waals surface area contributed by atoms with Gasteiger partial charge in [0.25, 0.3) is 0 Å². The first-order valence-corrected chi connectivity index (χ1v) is 9.16. The predicted molar refractivity (Wildman–Crippen MR) is 91.6 cm³/mol. The fraction of sp³-hybridized carbons (Fsp3) is 0.412. The molecule has 2 aromatic rings. The number of carbonyl (C=O) groups is 3. The van der Waals surface area contributed by atoms with E-state index in [0.29, 0.717) is 21.1 Å². The Morgan fingerprint density at radius 1 is 1.46 bits per heavy atom. The first-order valence-electron chi connectivity index (χ1n) is 8.34. The van der Waals surface area contributed by atoms with Crippen molar-refractivity contribution in [2.24, 2.45) is 5.92 Å². The maximum atomic E-state index is 12.3. The number of aromatic nitrogens is 2. The third-order valence-corrected chi connectivity index (χ3v) is 6.28. The number of hydrogen-bond donors (Lipinski definition) is 2. The number of hydrogen-bond acceptors (Lipinski definition) is 8. The third-order valence-electron chi connectivity index (χ3n) is 5.12. The van der Waals surface area contributed by atoms with E-state index in [0.717, 1.165) is 0 Å². The number of carboxylic acid groups (broad SMARTS) is 1. The molecule has 2 N–H and O–H groups in total. The van der Waals surface area contributed by atoms with Gasteiger partial charge >= 0.3 is 29.6 Å². The van der Waals surface area contributed by atoms with E-state index in [4.69, 9.17) is 5.11 Å². The molecule has 2 aliphatic heterocycles. The number of aliphatic hydroxyl groups excluding tert-OH is 2. The Morgan fingerprint density at radius 3 is 2.71 bits per heavy atom. The Hall–Kier alpha value is -1.56. The molecule has 11 heteroatoms. The number of Topliss-reactive ketones (excluding diaryl/α,β-unsaturated/α-hetero) is 1. The summed E-state index contributed by atoms with van der Waals surface area (Å²) in [5, 5.41) is 30.6. The van der Waals surface area contributed by atoms with Crippen LogP contribution in [-0.4, -0.2) is 60.9 Å². The monoisotopic (exact) mass is 413 g/mol. The zero-order valence-corrected chi connectivity index (χ0v) is 18.3. The summed E-state index contributed by atoms with van der Waals surface area (Å²) >= 11 is 1.17. The number of rotatable bonds is 5. The molecule has 3 atom stereocenters. The van der Waals surface area contributed by atoms with E-state index >= 15 is 0 Å². The van der Waals surface area contributed by atoms with E-state index in [9.17, 15) is 24.6 Å². The van der Waals surface area contributed by atoms with Crippen molar-refractivity contribution in [1.82, 2.24) is 14.3 Å². The minimum Gasteiger partial charge on any atom is -0.543 e. The Bertz CT molecular complexity index is 1040. The van der Waals surface area contributed by atoms with Gasteiger partial charge in [0, 0.05) is 6.20 Å². The van der Waals surface area contributed by atoms with E-state index in [1.54, 1.807) is 17.5 Å². The van der Waals surface area contributed by atoms with Crippen LogP contribution in [-0.2, 0) is 9.59 Å². The number of carbonyl (C=O) groups excluding carboxylic acids is 3. The predicted octanol–water partition coefficient (Wildman–Crippen LogP) is -4.04. The second kappa shape index (κ2) is 7.36. The minimum atomic E-state index is -1.45. The number of thiazole rings is 1. The molecule has 0 bridgehead atoms. The summed E-state index contributed by atoms with van der Waals surface area (Å²) in [5.74, 6) is -2.52. The van der Waals surface area contributed by atoms with Crippen LogP contribution in [0.2, 0.25) is 0 Å². The molecule has 0 radical (unpaired) electrons. The summed E-state index contributed by atoms with van der Waals surface area (Å²) in [6, 6.07) is -0.417. The third kappa shape index (κ3) is 2.87. The normalized spacial score (nSPS) is 22.1. The fourth-order valence-electron chi connectivity index (χ4n) is 3.90. The standard InChI is InChI=1S/C17H17N3O6S.Na/c1-6(22)12-9-3-8(14(17(25)26)20(9)15(12)24)11-4-19-7(2)18-13(10(23)5-21)16(19)27-11;/h4,6,9,12,21-22H,3,5H2,1-2H3,(H,25,26);/q;+1/p-1/t6-,9-,12-;/m1./s1. The zero-order chi connectivity index (χ0) is 19.6. The first kappa shape index (κ1) is 21.2. The molecule has 0 aliphatic carbocycles. The van der Waals surface area contributed by atoms with Crippen LogP contribution in [0.25, 0.3) is 10.4 Å². The molecule has 142 valence electrons. The Kier molecular flexibility index (Phi) is 5.56. The van der Waals surface area contributed by atoms with Crippen molar-refractivity contribution in [2.45, 2.75) is 32.4 Å². The summed E-state index contributed by atoms with van der Waals surface area (Å²) in [6.07, 6.45) is 1.08. The van der Waals surface area contributed by atoms with Crippen LogP contribution in [0.1, 0.15) is 34.5 Å². The van der Waals surface area contributed by atoms with Gasteiger partial charge in [0.1, 0.15) is 23.0 Å². The number of fused-ring (bicyclic) bond motifs is 2. The van der Waals surface area contributed by atoms with Crippen LogP contribution in [0.5, 0.6) is 0 Å². The SMILES string of the molecule is Cc1nc(C(=O)CO)c2sc(C3=C(C(=O)[O-])N4C(=O)[C@H]([C@@H](C)O)[C@H]4C3)cn12.[Na+]. The van der Waals surface area contributed by atoms with Crippen molar-refractivity contribution < 1.29 is 59.3 Å². The number of amides is 1. The maximum absolute atomic E-state index is 12.3. The number of carboxylic acids is 1. The van der Waals surface area contributed by atoms with Gasteiger partial charge in [-0.1, -0.05) is 0 Å². The molecule has 4 heterocycles. The number of aliphatic carboxylic acids is 1. The molecular formula is C17H16N3NaO6S. The second-order valence-electron chi connectivity index (χ2n) is 6.72. The van der Waals surface area contributed by atoms with Crippen LogP contribution >= 0.6 is 11.3 Å². The van der Waals surface area contributed by atoms with Crippen LogP contribution in [0.4, 0.5) is 0 Å². The maximum Gasteiger partial charge on any atom is 1.00 e. The summed E-state index contributed by atoms with van der Waals surface area (Å²) in [4.78, 5) is 42.3. The van der Waals surface area contributed by atoms with E-state index < -0.39 is 42.3 Å². The van der Waals surface area contributed by atoms with Gasteiger partial charge < -0.3 is 25.0 Å². The topological polar surface area (TPSA) is 135 Å². The minimum absolute atomic E-state index is 0. The average molecular weight is 413 g/mol. The number of β-lactam (4-membered cyclic amide) rings is 1. The fourth-order valence-corrected chi connectivity index (χ4v) is 5.11. The molecule has 0 unspecified atom stereocenters. The van der Waals surface area contributed by atoms with Crippen LogP contribution in [0.15, 0.2) is 11.9 Å². The van der Waals surface area contributed by atoms with Gasteiger partial charge in [-0.3, -0.25) is 14.0 Å². The van der Waals surface area contributed by atoms with Crippen LogP contribution in [0.3, 0.4) is 0 Å². The molecule has 2 aliphatic rings. The van der Waals surface area contributed by atoms with E-state index in [2.05, 4.69) is 4.98 Å². The Morgan fingerprint density at radius 2 is 2.14 bits per heavy atom. The Labute approximate surface area is 185 Å². The van der Waals surface area contributed by atoms with Crippen molar-refractivity contribution in [3.63, 3.8) is 0 Å². The van der Waals surface area contributed by atoms with Crippen molar-refractivity contribution >= 4 is 39.4 Å². The largest absolute Gasteiger partial charge is 1.00 e. The van der Waals surface area contributed by atoms with Crippen molar-refractivity contribution in [3.05, 3.63) is 28.3 Å². The molecule has 4 rings (SSSR count). The number of aryl methyl sites for hydroxylation is 1. The van der Waals surface area contributed by atoms with Gasteiger partial charge in [0.2, 0.25) is 11.7 Å². The molecule has 28 heavy (non-hydrogen) atoms. The quantitative estimate of drug-likeness (QED) is 0.289. The zero-order valence-electron chi connectivity index (χ0n) is 15.5. The number of aliphatic hydroxyl groups is 2. The average Bonchev–Trinajstić information content (AvgIpc) is 3.25. The molecule has 1 amide bonds. The summed E-state index contributed by atoms with van der Waals surface area (Å²) in [5.41, 5.74) is 0.375. The number of imidazole rings is 1. The van der Waals surface area contributed by atoms with E-state index in [1.807, 2.05) is 0 Å². The van der Waals surface area contributed by atoms with Gasteiger partial charge in [0.05, 0.1) is 34.6 Å². The molecule has 0 saturated carbocycles. The van der Waals surface area contributed by atoms with Crippen LogP contribution in [0, 0.1) is 12.8 Å². The van der Waals surface area contributed by atoms with Crippen molar-refractivity contribution in [1.29, 1.82) is 0 Å². The van der Waals surface area contributed by atoms with Crippen molar-refractivity contribution in [3.8, 4) is 0 Å². The molecule has 1 saturated heterocycles.